The molecule has 1 fully saturated rings. The normalized spacial score (nSPS) is 16.8. The van der Waals surface area contributed by atoms with Gasteiger partial charge < -0.3 is 9.47 Å². The van der Waals surface area contributed by atoms with E-state index < -0.39 is 10.0 Å². The summed E-state index contributed by atoms with van der Waals surface area (Å²) in [4.78, 5) is 20.3. The molecule has 3 aromatic rings. The van der Waals surface area contributed by atoms with Crippen LogP contribution in [0.2, 0.25) is 0 Å². The van der Waals surface area contributed by atoms with E-state index in [0.717, 1.165) is 49.3 Å². The first-order chi connectivity index (χ1) is 17.0. The van der Waals surface area contributed by atoms with Gasteiger partial charge in [-0.2, -0.15) is 9.57 Å². The average molecular weight is 490 g/mol. The van der Waals surface area contributed by atoms with Crippen LogP contribution in [0.3, 0.4) is 0 Å². The van der Waals surface area contributed by atoms with Crippen LogP contribution in [0.15, 0.2) is 59.5 Å². The van der Waals surface area contributed by atoms with Crippen LogP contribution in [0.5, 0.6) is 0 Å². The Hall–Kier alpha value is -3.48. The molecule has 35 heavy (non-hydrogen) atoms. The highest BCUT2D eigenvalue weighted by Gasteiger charge is 2.33. The Labute approximate surface area is 205 Å². The van der Waals surface area contributed by atoms with Gasteiger partial charge in [-0.1, -0.05) is 36.8 Å². The second-order valence-electron chi connectivity index (χ2n) is 8.89. The number of amides is 1. The van der Waals surface area contributed by atoms with Crippen molar-refractivity contribution in [1.29, 1.82) is 5.26 Å². The lowest BCUT2D eigenvalue weighted by Gasteiger charge is -2.33. The summed E-state index contributed by atoms with van der Waals surface area (Å²) in [5.41, 5.74) is 2.88. The molecule has 0 atom stereocenters. The minimum Gasteiger partial charge on any atom is -0.335 e. The zero-order valence-corrected chi connectivity index (χ0v) is 20.2. The molecular formula is C26H27N5O3S. The molecule has 1 amide bonds. The van der Waals surface area contributed by atoms with E-state index in [1.165, 1.54) is 28.6 Å². The predicted molar refractivity (Wildman–Crippen MR) is 131 cm³/mol. The Morgan fingerprint density at radius 2 is 1.60 bits per heavy atom. The highest BCUT2D eigenvalue weighted by Crippen LogP contribution is 2.28. The van der Waals surface area contributed by atoms with Gasteiger partial charge in [0.05, 0.1) is 22.2 Å². The molecule has 3 heterocycles. The third-order valence-corrected chi connectivity index (χ3v) is 8.66. The van der Waals surface area contributed by atoms with Gasteiger partial charge >= 0.3 is 0 Å². The van der Waals surface area contributed by atoms with E-state index in [1.807, 2.05) is 36.4 Å². The minimum absolute atomic E-state index is 0.131. The lowest BCUT2D eigenvalue weighted by atomic mass is 10.1. The number of rotatable bonds is 4. The largest absolute Gasteiger partial charge is 0.335 e. The van der Waals surface area contributed by atoms with Crippen molar-refractivity contribution in [2.45, 2.75) is 37.1 Å². The minimum atomic E-state index is -3.69. The van der Waals surface area contributed by atoms with Gasteiger partial charge in [0, 0.05) is 38.3 Å². The fourth-order valence-electron chi connectivity index (χ4n) is 4.83. The van der Waals surface area contributed by atoms with Crippen LogP contribution >= 0.6 is 0 Å². The Morgan fingerprint density at radius 3 is 2.29 bits per heavy atom. The first-order valence-corrected chi connectivity index (χ1v) is 13.4. The number of imidazole rings is 1. The van der Waals surface area contributed by atoms with Crippen molar-refractivity contribution in [2.75, 3.05) is 26.2 Å². The van der Waals surface area contributed by atoms with E-state index in [4.69, 9.17) is 10.2 Å². The van der Waals surface area contributed by atoms with Crippen LogP contribution in [0, 0.1) is 11.3 Å². The quantitative estimate of drug-likeness (QED) is 0.560. The van der Waals surface area contributed by atoms with E-state index in [2.05, 4.69) is 4.57 Å². The molecule has 2 aliphatic heterocycles. The number of carbonyl (C=O) groups is 1. The number of piperazine rings is 1. The van der Waals surface area contributed by atoms with Gasteiger partial charge in [-0.15, -0.1) is 0 Å². The Bertz CT molecular complexity index is 1370. The maximum atomic E-state index is 13.6. The summed E-state index contributed by atoms with van der Waals surface area (Å²) in [6.45, 7) is 1.89. The number of nitriles is 1. The molecule has 0 spiro atoms. The van der Waals surface area contributed by atoms with Gasteiger partial charge in [-0.05, 0) is 43.5 Å². The number of sulfonamides is 1. The van der Waals surface area contributed by atoms with Gasteiger partial charge in [-0.25, -0.2) is 13.4 Å². The van der Waals surface area contributed by atoms with Crippen LogP contribution in [0.25, 0.3) is 11.4 Å². The highest BCUT2D eigenvalue weighted by molar-refractivity contribution is 7.89. The molecule has 1 aromatic heterocycles. The standard InChI is InChI=1S/C26H27N5O3S/c27-19-20-10-12-22(13-11-20)35(33,34)30-17-15-29(16-18-30)26(32)24-23-9-5-2-6-14-31(23)25(28-24)21-7-3-1-4-8-21/h1,3-4,7-8,10-13H,2,5-6,9,14-18H2. The van der Waals surface area contributed by atoms with Crippen LogP contribution < -0.4 is 0 Å². The maximum Gasteiger partial charge on any atom is 0.274 e. The van der Waals surface area contributed by atoms with Crippen molar-refractivity contribution >= 4 is 15.9 Å². The summed E-state index contributed by atoms with van der Waals surface area (Å²) >= 11 is 0. The topological polar surface area (TPSA) is 99.3 Å². The summed E-state index contributed by atoms with van der Waals surface area (Å²) in [7, 11) is -3.69. The van der Waals surface area contributed by atoms with Crippen molar-refractivity contribution in [3.05, 3.63) is 71.5 Å². The van der Waals surface area contributed by atoms with Gasteiger partial charge in [0.1, 0.15) is 11.5 Å². The molecule has 180 valence electrons. The first kappa shape index (κ1) is 23.3. The summed E-state index contributed by atoms with van der Waals surface area (Å²) in [6.07, 6.45) is 4.02. The Kier molecular flexibility index (Phi) is 6.41. The zero-order valence-electron chi connectivity index (χ0n) is 19.4. The predicted octanol–water partition coefficient (Wildman–Crippen LogP) is 3.29. The number of fused-ring (bicyclic) bond motifs is 1. The summed E-state index contributed by atoms with van der Waals surface area (Å²) < 4.78 is 29.7. The lowest BCUT2D eigenvalue weighted by Crippen LogP contribution is -2.50. The SMILES string of the molecule is N#Cc1ccc(S(=O)(=O)N2CCN(C(=O)c3nc(-c4ccccc4)n4c3CCCCC4)CC2)cc1. The molecule has 8 nitrogen and oxygen atoms in total. The molecule has 0 N–H and O–H groups in total. The summed E-state index contributed by atoms with van der Waals surface area (Å²) in [5.74, 6) is 0.695. The molecule has 0 saturated carbocycles. The monoisotopic (exact) mass is 489 g/mol. The van der Waals surface area contributed by atoms with Crippen LogP contribution in [0.1, 0.15) is 41.0 Å². The van der Waals surface area contributed by atoms with Crippen molar-refractivity contribution in [2.24, 2.45) is 0 Å². The highest BCUT2D eigenvalue weighted by atomic mass is 32.2. The van der Waals surface area contributed by atoms with E-state index >= 15 is 0 Å². The number of aromatic nitrogens is 2. The molecular weight excluding hydrogens is 462 g/mol. The van der Waals surface area contributed by atoms with Gasteiger partial charge in [0.2, 0.25) is 10.0 Å². The van der Waals surface area contributed by atoms with E-state index in [-0.39, 0.29) is 23.9 Å². The molecule has 9 heteroatoms. The fourth-order valence-corrected chi connectivity index (χ4v) is 6.25. The van der Waals surface area contributed by atoms with E-state index in [0.29, 0.717) is 24.3 Å². The van der Waals surface area contributed by atoms with Crippen LogP contribution in [-0.2, 0) is 23.0 Å². The third kappa shape index (κ3) is 4.47. The molecule has 5 rings (SSSR count). The van der Waals surface area contributed by atoms with Crippen molar-refractivity contribution in [1.82, 2.24) is 18.8 Å². The number of benzene rings is 2. The summed E-state index contributed by atoms with van der Waals surface area (Å²) in [5, 5.41) is 8.96. The van der Waals surface area contributed by atoms with Crippen LogP contribution in [0.4, 0.5) is 0 Å². The maximum absolute atomic E-state index is 13.6. The molecule has 2 aliphatic rings. The third-order valence-electron chi connectivity index (χ3n) is 6.75. The second kappa shape index (κ2) is 9.64. The zero-order chi connectivity index (χ0) is 24.4. The fraction of sp³-hybridized carbons (Fsp3) is 0.346. The molecule has 2 aromatic carbocycles. The van der Waals surface area contributed by atoms with Gasteiger partial charge in [-0.3, -0.25) is 4.79 Å². The Balaban J connectivity index is 1.36. The van der Waals surface area contributed by atoms with Crippen molar-refractivity contribution < 1.29 is 13.2 Å². The average Bonchev–Trinajstić information content (AvgIpc) is 3.09. The molecule has 0 radical (unpaired) electrons. The van der Waals surface area contributed by atoms with Crippen molar-refractivity contribution in [3.63, 3.8) is 0 Å². The summed E-state index contributed by atoms with van der Waals surface area (Å²) in [6, 6.07) is 17.9. The van der Waals surface area contributed by atoms with E-state index in [1.54, 1.807) is 4.90 Å². The number of carbonyl (C=O) groups excluding carboxylic acids is 1. The Morgan fingerprint density at radius 1 is 0.886 bits per heavy atom. The number of hydrogen-bond acceptors (Lipinski definition) is 5. The number of hydrogen-bond donors (Lipinski definition) is 0. The molecule has 0 aliphatic carbocycles. The van der Waals surface area contributed by atoms with Crippen molar-refractivity contribution in [3.8, 4) is 17.5 Å². The smallest absolute Gasteiger partial charge is 0.274 e. The number of nitrogens with zero attached hydrogens (tertiary/aromatic N) is 5. The molecule has 0 bridgehead atoms. The molecule has 0 unspecified atom stereocenters. The molecule has 1 saturated heterocycles. The first-order valence-electron chi connectivity index (χ1n) is 11.9. The van der Waals surface area contributed by atoms with Gasteiger partial charge in [0.25, 0.3) is 5.91 Å². The van der Waals surface area contributed by atoms with Crippen LogP contribution in [-0.4, -0.2) is 59.3 Å². The van der Waals surface area contributed by atoms with Gasteiger partial charge in [0.15, 0.2) is 0 Å². The lowest BCUT2D eigenvalue weighted by molar-refractivity contribution is 0.0691. The van der Waals surface area contributed by atoms with E-state index in [9.17, 15) is 13.2 Å². The second-order valence-corrected chi connectivity index (χ2v) is 10.8.